The van der Waals surface area contributed by atoms with Crippen molar-refractivity contribution in [1.29, 1.82) is 0 Å². The van der Waals surface area contributed by atoms with Gasteiger partial charge in [0.1, 0.15) is 5.76 Å². The van der Waals surface area contributed by atoms with E-state index >= 15 is 0 Å². The quantitative estimate of drug-likeness (QED) is 0.0499. The number of carbonyl (C=O) groups is 1. The third kappa shape index (κ3) is 9.14. The zero-order valence-electron chi connectivity index (χ0n) is 32.8. The average Bonchev–Trinajstić information content (AvgIpc) is 3.10. The molecule has 6 heteroatoms. The van der Waals surface area contributed by atoms with E-state index in [1.807, 2.05) is 53.9 Å². The third-order valence-electron chi connectivity index (χ3n) is 11.1. The van der Waals surface area contributed by atoms with Crippen molar-refractivity contribution in [2.24, 2.45) is 10.8 Å². The maximum Gasteiger partial charge on any atom is 0.164 e. The van der Waals surface area contributed by atoms with Gasteiger partial charge in [0.05, 0.1) is 13.6 Å². The van der Waals surface area contributed by atoms with Crippen LogP contribution in [0.3, 0.4) is 0 Å². The zero-order chi connectivity index (χ0) is 37.0. The van der Waals surface area contributed by atoms with Crippen molar-refractivity contribution in [3.8, 4) is 22.4 Å². The molecule has 0 aliphatic heterocycles. The van der Waals surface area contributed by atoms with Crippen LogP contribution >= 0.6 is 0 Å². The second-order valence-electron chi connectivity index (χ2n) is 15.5. The van der Waals surface area contributed by atoms with E-state index in [1.54, 1.807) is 0 Å². The van der Waals surface area contributed by atoms with Gasteiger partial charge in [0.2, 0.25) is 0 Å². The summed E-state index contributed by atoms with van der Waals surface area (Å²) in [7, 11) is -1.31. The summed E-state index contributed by atoms with van der Waals surface area (Å²) in [6, 6.07) is 23.5. The van der Waals surface area contributed by atoms with Gasteiger partial charge in [0, 0.05) is 54.8 Å². The molecule has 0 saturated carbocycles. The van der Waals surface area contributed by atoms with Crippen LogP contribution < -0.4 is 5.19 Å². The van der Waals surface area contributed by atoms with Crippen LogP contribution in [0, 0.1) is 37.7 Å². The number of hydrogen-bond acceptors (Lipinski definition) is 4. The first-order chi connectivity index (χ1) is 23.5. The Labute approximate surface area is 321 Å². The molecule has 0 aliphatic rings. The number of carbonyl (C=O) groups excluding carboxylic acids is 1. The number of hydrogen-bond donors (Lipinski definition) is 1. The van der Waals surface area contributed by atoms with Crippen LogP contribution in [0.2, 0.25) is 19.6 Å². The van der Waals surface area contributed by atoms with Crippen molar-refractivity contribution in [3.05, 3.63) is 102 Å². The van der Waals surface area contributed by atoms with Gasteiger partial charge in [-0.1, -0.05) is 117 Å². The largest absolute Gasteiger partial charge is 0.512 e. The van der Waals surface area contributed by atoms with Crippen molar-refractivity contribution in [2.45, 2.75) is 108 Å². The number of fused-ring (bicyclic) bond motifs is 3. The standard InChI is InChI=1S/C30H29N2Si.C15H28O2.Ir/c1-19-15-20(2)17-23(16-19)30-28-18-32-29-21(3)25(11-12-27(29)26(28)13-14-31-30)22-7-9-24(10-8-22)33(4,5)6;1-7-14(5,8-2)12(16)11-13(17)15(6,9-3)10-4;/h7-16,18H,1-6H3;11,16H,7-10H2,1-6H3;/q-1;;/b;12-11-;. The van der Waals surface area contributed by atoms with Gasteiger partial charge in [0.25, 0.3) is 0 Å². The number of pyridine rings is 2. The van der Waals surface area contributed by atoms with Crippen molar-refractivity contribution in [2.75, 3.05) is 0 Å². The van der Waals surface area contributed by atoms with Crippen LogP contribution in [-0.4, -0.2) is 28.9 Å². The van der Waals surface area contributed by atoms with Crippen LogP contribution in [0.15, 0.2) is 78.8 Å². The summed E-state index contributed by atoms with van der Waals surface area (Å²) in [6.45, 7) is 25.6. The molecule has 2 heterocycles. The van der Waals surface area contributed by atoms with E-state index in [-0.39, 0.29) is 42.5 Å². The number of nitrogens with zero attached hydrogens (tertiary/aromatic N) is 2. The molecular weight excluding hydrogens is 821 g/mol. The molecule has 0 bridgehead atoms. The maximum absolute atomic E-state index is 12.2. The SMILES string of the molecule is CCC(C)(CC)C(=O)/C=C(\O)C(C)(CC)CC.Cc1[c-]c(-c2nccc3c2cnc2c(C)c(-c4ccc([Si](C)(C)C)cc4)ccc23)cc(C)c1.[Ir]. The Morgan fingerprint density at radius 1 is 0.804 bits per heavy atom. The molecule has 0 spiro atoms. The molecule has 0 aliphatic carbocycles. The minimum Gasteiger partial charge on any atom is -0.512 e. The summed E-state index contributed by atoms with van der Waals surface area (Å²) in [6.07, 6.45) is 8.64. The fourth-order valence-corrected chi connectivity index (χ4v) is 7.60. The first-order valence-corrected chi connectivity index (χ1v) is 21.8. The maximum atomic E-state index is 12.2. The van der Waals surface area contributed by atoms with E-state index in [9.17, 15) is 9.90 Å². The molecule has 5 rings (SSSR count). The van der Waals surface area contributed by atoms with Gasteiger partial charge in [-0.15, -0.1) is 34.9 Å². The van der Waals surface area contributed by atoms with Crippen LogP contribution in [0.4, 0.5) is 0 Å². The number of aromatic nitrogens is 2. The molecule has 0 atom stereocenters. The minimum atomic E-state index is -1.31. The molecule has 5 aromatic rings. The van der Waals surface area contributed by atoms with Gasteiger partial charge in [-0.3, -0.25) is 9.78 Å². The number of ketones is 1. The Morgan fingerprint density at radius 2 is 1.41 bits per heavy atom. The molecule has 0 unspecified atom stereocenters. The van der Waals surface area contributed by atoms with Gasteiger partial charge in [-0.05, 0) is 71.8 Å². The minimum absolute atomic E-state index is 0. The third-order valence-corrected chi connectivity index (χ3v) is 13.2. The normalized spacial score (nSPS) is 12.4. The molecule has 0 amide bonds. The number of aliphatic hydroxyl groups is 1. The Bertz CT molecular complexity index is 2000. The van der Waals surface area contributed by atoms with E-state index < -0.39 is 8.07 Å². The summed E-state index contributed by atoms with van der Waals surface area (Å²) in [5.74, 6) is 0.286. The Morgan fingerprint density at radius 3 is 1.96 bits per heavy atom. The van der Waals surface area contributed by atoms with E-state index in [4.69, 9.17) is 9.97 Å². The summed E-state index contributed by atoms with van der Waals surface area (Å²) >= 11 is 0. The number of allylic oxidation sites excluding steroid dienone is 2. The molecule has 51 heavy (non-hydrogen) atoms. The van der Waals surface area contributed by atoms with Crippen molar-refractivity contribution >= 4 is 40.7 Å². The zero-order valence-corrected chi connectivity index (χ0v) is 36.2. The molecular formula is C45H57IrN2O2Si-. The Kier molecular flexibility index (Phi) is 13.9. The molecule has 0 saturated heterocycles. The van der Waals surface area contributed by atoms with Gasteiger partial charge < -0.3 is 10.1 Å². The number of rotatable bonds is 10. The first kappa shape index (κ1) is 42.0. The van der Waals surface area contributed by atoms with E-state index in [1.165, 1.54) is 44.3 Å². The topological polar surface area (TPSA) is 63.1 Å². The van der Waals surface area contributed by atoms with Crippen LogP contribution in [0.25, 0.3) is 44.1 Å². The predicted molar refractivity (Wildman–Crippen MR) is 217 cm³/mol. The van der Waals surface area contributed by atoms with Crippen LogP contribution in [-0.2, 0) is 24.9 Å². The number of aliphatic hydroxyl groups excluding tert-OH is 1. The van der Waals surface area contributed by atoms with Crippen LogP contribution in [0.1, 0.15) is 83.9 Å². The Hall–Kier alpha value is -3.44. The summed E-state index contributed by atoms with van der Waals surface area (Å²) in [5, 5.41) is 15.0. The number of benzene rings is 3. The molecule has 0 fully saturated rings. The summed E-state index contributed by atoms with van der Waals surface area (Å²) in [4.78, 5) is 21.8. The molecule has 1 radical (unpaired) electrons. The molecule has 4 nitrogen and oxygen atoms in total. The summed E-state index contributed by atoms with van der Waals surface area (Å²) in [5.41, 5.74) is 8.46. The van der Waals surface area contributed by atoms with Gasteiger partial charge in [-0.25, -0.2) is 0 Å². The molecule has 273 valence electrons. The van der Waals surface area contributed by atoms with E-state index in [0.717, 1.165) is 53.4 Å². The van der Waals surface area contributed by atoms with Gasteiger partial charge in [-0.2, -0.15) is 0 Å². The second-order valence-corrected chi connectivity index (χ2v) is 20.6. The first-order valence-electron chi connectivity index (χ1n) is 18.3. The van der Waals surface area contributed by atoms with E-state index in [2.05, 4.69) is 101 Å². The molecule has 3 aromatic carbocycles. The fourth-order valence-electron chi connectivity index (χ4n) is 6.44. The second kappa shape index (κ2) is 16.9. The monoisotopic (exact) mass is 878 g/mol. The van der Waals surface area contributed by atoms with Crippen LogP contribution in [0.5, 0.6) is 0 Å². The molecule has 2 aromatic heterocycles. The number of aryl methyl sites for hydroxylation is 3. The van der Waals surface area contributed by atoms with Crippen molar-refractivity contribution < 1.29 is 30.0 Å². The smallest absolute Gasteiger partial charge is 0.164 e. The fraction of sp³-hybridized carbons (Fsp3) is 0.400. The van der Waals surface area contributed by atoms with Gasteiger partial charge >= 0.3 is 0 Å². The summed E-state index contributed by atoms with van der Waals surface area (Å²) < 4.78 is 0. The Balaban J connectivity index is 0.000000335. The average molecular weight is 878 g/mol. The van der Waals surface area contributed by atoms with Crippen molar-refractivity contribution in [1.82, 2.24) is 9.97 Å². The molecule has 1 N–H and O–H groups in total. The predicted octanol–water partition coefficient (Wildman–Crippen LogP) is 12.0. The van der Waals surface area contributed by atoms with Crippen molar-refractivity contribution in [3.63, 3.8) is 0 Å². The van der Waals surface area contributed by atoms with E-state index in [0.29, 0.717) is 0 Å². The van der Waals surface area contributed by atoms with Gasteiger partial charge in [0.15, 0.2) is 5.78 Å².